The zero-order valence-electron chi connectivity index (χ0n) is 10.2. The van der Waals surface area contributed by atoms with Crippen LogP contribution in [0, 0.1) is 6.92 Å². The van der Waals surface area contributed by atoms with Gasteiger partial charge in [-0.3, -0.25) is 0 Å². The Balaban J connectivity index is 2.18. The number of hydrogen-bond donors (Lipinski definition) is 2. The van der Waals surface area contributed by atoms with Gasteiger partial charge in [0.15, 0.2) is 0 Å². The highest BCUT2D eigenvalue weighted by Gasteiger charge is 1.96. The number of aryl methyl sites for hydroxylation is 1. The van der Waals surface area contributed by atoms with E-state index >= 15 is 0 Å². The van der Waals surface area contributed by atoms with Crippen LogP contribution in [-0.2, 0) is 4.79 Å². The maximum Gasteiger partial charge on any atom is 0.0414 e. The maximum atomic E-state index is 10.2. The summed E-state index contributed by atoms with van der Waals surface area (Å²) in [7, 11) is 0. The van der Waals surface area contributed by atoms with Gasteiger partial charge in [0, 0.05) is 23.9 Å². The molecule has 0 aliphatic rings. The lowest BCUT2D eigenvalue weighted by molar-refractivity contribution is -0.305. The number of unbranched alkanes of at least 4 members (excludes halogenated alkanes) is 2. The minimum absolute atomic E-state index is 0.154. The molecule has 0 fully saturated rings. The fraction of sp³-hybridized carbons (Fsp3) is 0.462. The second-order valence-electron chi connectivity index (χ2n) is 4.18. The van der Waals surface area contributed by atoms with Crippen LogP contribution in [0.3, 0.4) is 0 Å². The van der Waals surface area contributed by atoms with E-state index < -0.39 is 5.97 Å². The smallest absolute Gasteiger partial charge is 0.0414 e. The van der Waals surface area contributed by atoms with Crippen LogP contribution in [0.25, 0.3) is 0 Å². The van der Waals surface area contributed by atoms with Crippen molar-refractivity contribution in [2.75, 3.05) is 17.6 Å². The predicted octanol–water partition coefficient (Wildman–Crippen LogP) is 1.30. The van der Waals surface area contributed by atoms with Crippen molar-refractivity contribution >= 4 is 17.3 Å². The van der Waals surface area contributed by atoms with Gasteiger partial charge >= 0.3 is 0 Å². The average Bonchev–Trinajstić information content (AvgIpc) is 2.27. The van der Waals surface area contributed by atoms with Crippen LogP contribution in [0.5, 0.6) is 0 Å². The van der Waals surface area contributed by atoms with Crippen LogP contribution >= 0.6 is 0 Å². The highest BCUT2D eigenvalue weighted by molar-refractivity contribution is 5.64. The lowest BCUT2D eigenvalue weighted by Gasteiger charge is -2.08. The standard InChI is InChI=1S/C13H20N2O2/c1-10-9-11(6-7-12(10)14)15-8-4-2-3-5-13(16)17/h6-7,9,15H,2-5,8,14H2,1H3,(H,16,17)/p-1. The van der Waals surface area contributed by atoms with Crippen LogP contribution in [0.1, 0.15) is 31.2 Å². The van der Waals surface area contributed by atoms with E-state index in [-0.39, 0.29) is 6.42 Å². The van der Waals surface area contributed by atoms with E-state index in [0.717, 1.165) is 36.3 Å². The molecule has 0 saturated carbocycles. The molecule has 0 radical (unpaired) electrons. The second kappa shape index (κ2) is 6.78. The molecule has 4 nitrogen and oxygen atoms in total. The van der Waals surface area contributed by atoms with Crippen LogP contribution in [0.15, 0.2) is 18.2 Å². The number of hydrogen-bond acceptors (Lipinski definition) is 4. The van der Waals surface area contributed by atoms with Gasteiger partial charge in [0.05, 0.1) is 0 Å². The summed E-state index contributed by atoms with van der Waals surface area (Å²) in [5, 5.41) is 13.5. The molecule has 94 valence electrons. The Morgan fingerprint density at radius 2 is 2.12 bits per heavy atom. The molecule has 0 spiro atoms. The normalized spacial score (nSPS) is 10.2. The molecule has 1 aromatic rings. The van der Waals surface area contributed by atoms with E-state index in [0.29, 0.717) is 6.42 Å². The van der Waals surface area contributed by atoms with Crippen LogP contribution in [-0.4, -0.2) is 12.5 Å². The number of anilines is 2. The fourth-order valence-corrected chi connectivity index (χ4v) is 1.59. The van der Waals surface area contributed by atoms with Gasteiger partial charge in [-0.15, -0.1) is 0 Å². The summed E-state index contributed by atoms with van der Waals surface area (Å²) >= 11 is 0. The molecule has 0 unspecified atom stereocenters. The Labute approximate surface area is 102 Å². The zero-order valence-corrected chi connectivity index (χ0v) is 10.2. The zero-order chi connectivity index (χ0) is 12.7. The summed E-state index contributed by atoms with van der Waals surface area (Å²) in [5.41, 5.74) is 8.63. The monoisotopic (exact) mass is 235 g/mol. The highest BCUT2D eigenvalue weighted by Crippen LogP contribution is 2.16. The summed E-state index contributed by atoms with van der Waals surface area (Å²) in [5.74, 6) is -0.966. The van der Waals surface area contributed by atoms with E-state index in [4.69, 9.17) is 5.73 Å². The SMILES string of the molecule is Cc1cc(NCCCCCC(=O)[O-])ccc1N. The summed E-state index contributed by atoms with van der Waals surface area (Å²) in [6.45, 7) is 2.82. The lowest BCUT2D eigenvalue weighted by atomic mass is 10.1. The number of carboxylic acid groups (broad SMARTS) is 1. The first kappa shape index (κ1) is 13.4. The number of nitrogens with two attached hydrogens (primary N) is 1. The van der Waals surface area contributed by atoms with Crippen molar-refractivity contribution in [2.45, 2.75) is 32.6 Å². The summed E-state index contributed by atoms with van der Waals surface area (Å²) in [4.78, 5) is 10.2. The Morgan fingerprint density at radius 3 is 2.76 bits per heavy atom. The topological polar surface area (TPSA) is 78.2 Å². The molecule has 0 aromatic heterocycles. The van der Waals surface area contributed by atoms with Crippen LogP contribution in [0.4, 0.5) is 11.4 Å². The van der Waals surface area contributed by atoms with Gasteiger partial charge in [0.25, 0.3) is 0 Å². The number of carbonyl (C=O) groups is 1. The highest BCUT2D eigenvalue weighted by atomic mass is 16.4. The Morgan fingerprint density at radius 1 is 1.35 bits per heavy atom. The number of carboxylic acids is 1. The average molecular weight is 235 g/mol. The van der Waals surface area contributed by atoms with Crippen LogP contribution < -0.4 is 16.2 Å². The van der Waals surface area contributed by atoms with Gasteiger partial charge in [-0.25, -0.2) is 0 Å². The number of nitrogen functional groups attached to an aromatic ring is 1. The molecule has 1 rings (SSSR count). The van der Waals surface area contributed by atoms with Crippen molar-refractivity contribution in [1.82, 2.24) is 0 Å². The third kappa shape index (κ3) is 5.24. The molecule has 1 aromatic carbocycles. The minimum atomic E-state index is -0.966. The number of carbonyl (C=O) groups excluding carboxylic acids is 1. The summed E-state index contributed by atoms with van der Waals surface area (Å²) in [6.07, 6.45) is 2.69. The van der Waals surface area contributed by atoms with E-state index in [9.17, 15) is 9.90 Å². The van der Waals surface area contributed by atoms with Gasteiger partial charge in [0.1, 0.15) is 0 Å². The largest absolute Gasteiger partial charge is 0.550 e. The summed E-state index contributed by atoms with van der Waals surface area (Å²) in [6, 6.07) is 5.84. The van der Waals surface area contributed by atoms with Crippen LogP contribution in [0.2, 0.25) is 0 Å². The molecule has 0 heterocycles. The number of nitrogens with one attached hydrogen (secondary N) is 1. The van der Waals surface area contributed by atoms with E-state index in [1.165, 1.54) is 0 Å². The molecule has 0 aliphatic carbocycles. The lowest BCUT2D eigenvalue weighted by Crippen LogP contribution is -2.21. The van der Waals surface area contributed by atoms with Gasteiger partial charge in [0.2, 0.25) is 0 Å². The molecule has 0 amide bonds. The second-order valence-corrected chi connectivity index (χ2v) is 4.18. The van der Waals surface area contributed by atoms with Crippen molar-refractivity contribution in [3.63, 3.8) is 0 Å². The van der Waals surface area contributed by atoms with Gasteiger partial charge < -0.3 is 21.0 Å². The van der Waals surface area contributed by atoms with Crippen molar-refractivity contribution in [3.8, 4) is 0 Å². The quantitative estimate of drug-likeness (QED) is 0.551. The number of benzene rings is 1. The number of aliphatic carboxylic acids is 1. The van der Waals surface area contributed by atoms with Crippen molar-refractivity contribution < 1.29 is 9.90 Å². The minimum Gasteiger partial charge on any atom is -0.550 e. The first-order valence-electron chi connectivity index (χ1n) is 5.89. The molecule has 0 aliphatic heterocycles. The van der Waals surface area contributed by atoms with Crippen molar-refractivity contribution in [3.05, 3.63) is 23.8 Å². The molecule has 0 bridgehead atoms. The Bertz CT molecular complexity index is 378. The molecular formula is C13H19N2O2-. The molecule has 4 heteroatoms. The third-order valence-electron chi connectivity index (χ3n) is 2.66. The van der Waals surface area contributed by atoms with E-state index in [1.807, 2.05) is 25.1 Å². The Hall–Kier alpha value is -1.71. The van der Waals surface area contributed by atoms with E-state index in [1.54, 1.807) is 0 Å². The summed E-state index contributed by atoms with van der Waals surface area (Å²) < 4.78 is 0. The third-order valence-corrected chi connectivity index (χ3v) is 2.66. The van der Waals surface area contributed by atoms with E-state index in [2.05, 4.69) is 5.32 Å². The Kier molecular flexibility index (Phi) is 5.33. The van der Waals surface area contributed by atoms with Crippen molar-refractivity contribution in [2.24, 2.45) is 0 Å². The first-order chi connectivity index (χ1) is 8.09. The fourth-order valence-electron chi connectivity index (χ4n) is 1.59. The molecule has 3 N–H and O–H groups in total. The van der Waals surface area contributed by atoms with Gasteiger partial charge in [-0.2, -0.15) is 0 Å². The maximum absolute atomic E-state index is 10.2. The van der Waals surface area contributed by atoms with Gasteiger partial charge in [-0.1, -0.05) is 6.42 Å². The van der Waals surface area contributed by atoms with Gasteiger partial charge in [-0.05, 0) is 49.9 Å². The molecule has 0 atom stereocenters. The molecule has 17 heavy (non-hydrogen) atoms. The number of rotatable bonds is 7. The molecular weight excluding hydrogens is 216 g/mol. The predicted molar refractivity (Wildman–Crippen MR) is 67.6 cm³/mol. The first-order valence-corrected chi connectivity index (χ1v) is 5.89. The molecule has 0 saturated heterocycles. The van der Waals surface area contributed by atoms with Crippen molar-refractivity contribution in [1.29, 1.82) is 0 Å².